The molecule has 5 nitrogen and oxygen atoms in total. The van der Waals surface area contributed by atoms with Crippen LogP contribution >= 0.6 is 23.5 Å². The first kappa shape index (κ1) is 22.7. The average Bonchev–Trinajstić information content (AvgIpc) is 3.23. The zero-order valence-electron chi connectivity index (χ0n) is 18.3. The van der Waals surface area contributed by atoms with Crippen LogP contribution < -0.4 is 4.74 Å². The van der Waals surface area contributed by atoms with Gasteiger partial charge in [-0.1, -0.05) is 42.1 Å². The number of hydrogen-bond donors (Lipinski definition) is 1. The fraction of sp³-hybridized carbons (Fsp3) is 0.280. The lowest BCUT2D eigenvalue weighted by Crippen LogP contribution is -2.08. The topological polar surface area (TPSA) is 60.0 Å². The van der Waals surface area contributed by atoms with Crippen molar-refractivity contribution in [2.75, 3.05) is 25.6 Å². The van der Waals surface area contributed by atoms with E-state index in [2.05, 4.69) is 28.8 Å². The van der Waals surface area contributed by atoms with Crippen molar-refractivity contribution in [3.05, 3.63) is 77.6 Å². The Balaban J connectivity index is 1.24. The highest BCUT2D eigenvalue weighted by molar-refractivity contribution is 7.99. The van der Waals surface area contributed by atoms with Crippen LogP contribution in [0.4, 0.5) is 0 Å². The fourth-order valence-corrected chi connectivity index (χ4v) is 5.23. The Morgan fingerprint density at radius 1 is 0.906 bits per heavy atom. The number of fused-ring (bicyclic) bond motifs is 1. The van der Waals surface area contributed by atoms with E-state index in [1.54, 1.807) is 11.8 Å². The largest absolute Gasteiger partial charge is 0.491 e. The van der Waals surface area contributed by atoms with Gasteiger partial charge in [-0.15, -0.1) is 11.8 Å². The first-order valence-corrected chi connectivity index (χ1v) is 12.6. The number of aromatic nitrogens is 3. The number of benzene rings is 2. The molecule has 0 saturated carbocycles. The molecule has 0 aliphatic rings. The molecule has 0 aliphatic carbocycles. The molecule has 0 aliphatic heterocycles. The van der Waals surface area contributed by atoms with Crippen LogP contribution in [0.3, 0.4) is 0 Å². The van der Waals surface area contributed by atoms with Gasteiger partial charge in [-0.3, -0.25) is 4.98 Å². The van der Waals surface area contributed by atoms with Crippen molar-refractivity contribution in [2.45, 2.75) is 29.7 Å². The quantitative estimate of drug-likeness (QED) is 0.215. The fourth-order valence-electron chi connectivity index (χ4n) is 3.30. The van der Waals surface area contributed by atoms with Gasteiger partial charge < -0.3 is 14.5 Å². The predicted molar refractivity (Wildman–Crippen MR) is 133 cm³/mol. The van der Waals surface area contributed by atoms with Gasteiger partial charge >= 0.3 is 0 Å². The molecule has 0 saturated heterocycles. The minimum Gasteiger partial charge on any atom is -0.491 e. The van der Waals surface area contributed by atoms with Gasteiger partial charge in [0.2, 0.25) is 0 Å². The van der Waals surface area contributed by atoms with Crippen molar-refractivity contribution < 1.29 is 9.47 Å². The van der Waals surface area contributed by atoms with Crippen LogP contribution in [0.2, 0.25) is 0 Å². The Morgan fingerprint density at radius 3 is 2.56 bits per heavy atom. The summed E-state index contributed by atoms with van der Waals surface area (Å²) < 4.78 is 11.4. The van der Waals surface area contributed by atoms with Crippen LogP contribution in [0.1, 0.15) is 16.8 Å². The van der Waals surface area contributed by atoms with Gasteiger partial charge in [0.15, 0.2) is 5.16 Å². The summed E-state index contributed by atoms with van der Waals surface area (Å²) in [5.74, 6) is 2.56. The summed E-state index contributed by atoms with van der Waals surface area (Å²) in [6.45, 7) is 6.11. The van der Waals surface area contributed by atoms with Crippen LogP contribution in [0.5, 0.6) is 5.75 Å². The summed E-state index contributed by atoms with van der Waals surface area (Å²) in [4.78, 5) is 14.0. The third kappa shape index (κ3) is 6.06. The number of thioether (sulfide) groups is 2. The third-order valence-corrected chi connectivity index (χ3v) is 7.14. The van der Waals surface area contributed by atoms with Crippen molar-refractivity contribution in [1.82, 2.24) is 15.0 Å². The smallest absolute Gasteiger partial charge is 0.166 e. The Labute approximate surface area is 197 Å². The number of nitrogens with one attached hydrogen (secondary N) is 1. The Morgan fingerprint density at radius 2 is 1.72 bits per heavy atom. The molecule has 0 amide bonds. The van der Waals surface area contributed by atoms with Gasteiger partial charge in [0.1, 0.15) is 12.4 Å². The van der Waals surface area contributed by atoms with Crippen LogP contribution in [0.15, 0.2) is 70.8 Å². The number of nitrogens with zero attached hydrogens (tertiary/aromatic N) is 2. The van der Waals surface area contributed by atoms with Gasteiger partial charge in [-0.2, -0.15) is 0 Å². The van der Waals surface area contributed by atoms with E-state index < -0.39 is 0 Å². The number of para-hydroxylation sites is 3. The lowest BCUT2D eigenvalue weighted by molar-refractivity contribution is 0.112. The monoisotopic (exact) mass is 465 g/mol. The summed E-state index contributed by atoms with van der Waals surface area (Å²) in [5, 5.41) is 0.924. The zero-order chi connectivity index (χ0) is 22.2. The zero-order valence-corrected chi connectivity index (χ0v) is 20.0. The molecule has 7 heteroatoms. The number of H-pyrrole nitrogens is 1. The highest BCUT2D eigenvalue weighted by Gasteiger charge is 2.11. The first-order chi connectivity index (χ1) is 15.7. The maximum atomic E-state index is 5.74. The highest BCUT2D eigenvalue weighted by Crippen LogP contribution is 2.30. The molecule has 2 aromatic carbocycles. The van der Waals surface area contributed by atoms with Crippen LogP contribution in [0, 0.1) is 13.8 Å². The molecule has 0 spiro atoms. The predicted octanol–water partition coefficient (Wildman–Crippen LogP) is 6.05. The van der Waals surface area contributed by atoms with Gasteiger partial charge in [0.25, 0.3) is 0 Å². The maximum Gasteiger partial charge on any atom is 0.166 e. The van der Waals surface area contributed by atoms with E-state index in [-0.39, 0.29) is 0 Å². The molecule has 0 bridgehead atoms. The van der Waals surface area contributed by atoms with Gasteiger partial charge in [0.05, 0.1) is 29.9 Å². The van der Waals surface area contributed by atoms with Crippen molar-refractivity contribution in [2.24, 2.45) is 0 Å². The molecule has 1 N–H and O–H groups in total. The molecule has 4 rings (SSSR count). The number of pyridine rings is 1. The van der Waals surface area contributed by atoms with E-state index in [0.29, 0.717) is 19.8 Å². The maximum absolute atomic E-state index is 5.74. The first-order valence-electron chi connectivity index (χ1n) is 10.6. The van der Waals surface area contributed by atoms with Crippen molar-refractivity contribution in [3.63, 3.8) is 0 Å². The summed E-state index contributed by atoms with van der Waals surface area (Å²) in [7, 11) is 0. The van der Waals surface area contributed by atoms with Crippen LogP contribution in [-0.2, 0) is 10.5 Å². The highest BCUT2D eigenvalue weighted by atomic mass is 32.2. The van der Waals surface area contributed by atoms with E-state index in [0.717, 1.165) is 39.1 Å². The summed E-state index contributed by atoms with van der Waals surface area (Å²) in [6.07, 6.45) is 1.97. The Bertz CT molecular complexity index is 1120. The molecule has 0 fully saturated rings. The van der Waals surface area contributed by atoms with E-state index in [4.69, 9.17) is 9.47 Å². The minimum atomic E-state index is 0.561. The Hall–Kier alpha value is -2.48. The normalized spacial score (nSPS) is 11.2. The molecular formula is C25H27N3O2S2. The molecule has 32 heavy (non-hydrogen) atoms. The van der Waals surface area contributed by atoms with E-state index in [9.17, 15) is 0 Å². The molecule has 4 aromatic rings. The second-order valence-electron chi connectivity index (χ2n) is 7.31. The lowest BCUT2D eigenvalue weighted by atomic mass is 10.2. The van der Waals surface area contributed by atoms with Gasteiger partial charge in [-0.25, -0.2) is 4.98 Å². The summed E-state index contributed by atoms with van der Waals surface area (Å²) >= 11 is 3.52. The van der Waals surface area contributed by atoms with Crippen molar-refractivity contribution in [1.29, 1.82) is 0 Å². The van der Waals surface area contributed by atoms with Gasteiger partial charge in [0, 0.05) is 22.6 Å². The van der Waals surface area contributed by atoms with Crippen molar-refractivity contribution in [3.8, 4) is 5.75 Å². The minimum absolute atomic E-state index is 0.561. The van der Waals surface area contributed by atoms with Crippen molar-refractivity contribution >= 4 is 34.6 Å². The summed E-state index contributed by atoms with van der Waals surface area (Å²) in [5.41, 5.74) is 5.60. The Kier molecular flexibility index (Phi) is 8.09. The molecule has 166 valence electrons. The van der Waals surface area contributed by atoms with E-state index in [1.807, 2.05) is 72.6 Å². The molecule has 0 radical (unpaired) electrons. The van der Waals surface area contributed by atoms with Crippen LogP contribution in [0.25, 0.3) is 11.0 Å². The SMILES string of the molecule is Cc1cnc(CSc2nc3ccccc3[nH]2)c(C)c1SCCOCCOc1ccccc1. The van der Waals surface area contributed by atoms with E-state index in [1.165, 1.54) is 16.0 Å². The molecular weight excluding hydrogens is 438 g/mol. The number of hydrogen-bond acceptors (Lipinski definition) is 6. The number of aromatic amines is 1. The number of aryl methyl sites for hydroxylation is 1. The van der Waals surface area contributed by atoms with Gasteiger partial charge in [-0.05, 0) is 49.2 Å². The standard InChI is InChI=1S/C25H27N3O2S2/c1-18-16-26-23(17-32-25-27-21-10-6-7-11-22(21)28-25)19(2)24(18)31-15-14-29-12-13-30-20-8-4-3-5-9-20/h3-11,16H,12-15,17H2,1-2H3,(H,27,28). The third-order valence-electron chi connectivity index (χ3n) is 4.97. The number of imidazole rings is 1. The average molecular weight is 466 g/mol. The van der Waals surface area contributed by atoms with E-state index >= 15 is 0 Å². The number of ether oxygens (including phenoxy) is 2. The summed E-state index contributed by atoms with van der Waals surface area (Å²) in [6, 6.07) is 17.9. The molecule has 2 heterocycles. The molecule has 2 aromatic heterocycles. The lowest BCUT2D eigenvalue weighted by Gasteiger charge is -2.13. The van der Waals surface area contributed by atoms with Crippen LogP contribution in [-0.4, -0.2) is 40.5 Å². The second-order valence-corrected chi connectivity index (χ2v) is 9.38. The molecule has 0 unspecified atom stereocenters. The molecule has 0 atom stereocenters. The second kappa shape index (κ2) is 11.4. The number of rotatable bonds is 11.